The third-order valence-electron chi connectivity index (χ3n) is 3.89. The van der Waals surface area contributed by atoms with Crippen LogP contribution < -0.4 is 5.32 Å². The molecular weight excluding hydrogens is 290 g/mol. The molecule has 3 rings (SSSR count). The maximum atomic E-state index is 12.3. The number of amides is 1. The van der Waals surface area contributed by atoms with E-state index >= 15 is 0 Å². The van der Waals surface area contributed by atoms with Gasteiger partial charge in [0.05, 0.1) is 11.6 Å². The number of nitrogens with one attached hydrogen (secondary N) is 1. The van der Waals surface area contributed by atoms with Crippen LogP contribution in [0.25, 0.3) is 10.9 Å². The summed E-state index contributed by atoms with van der Waals surface area (Å²) in [7, 11) is 0. The number of para-hydroxylation sites is 1. The predicted octanol–water partition coefficient (Wildman–Crippen LogP) is 3.12. The van der Waals surface area contributed by atoms with Gasteiger partial charge >= 0.3 is 6.09 Å². The topological polar surface area (TPSA) is 54.5 Å². The predicted molar refractivity (Wildman–Crippen MR) is 90.3 cm³/mol. The van der Waals surface area contributed by atoms with Gasteiger partial charge in [-0.2, -0.15) is 0 Å². The van der Waals surface area contributed by atoms with Crippen molar-refractivity contribution >= 4 is 17.0 Å². The first kappa shape index (κ1) is 15.7. The van der Waals surface area contributed by atoms with Crippen LogP contribution in [0.2, 0.25) is 0 Å². The zero-order valence-corrected chi connectivity index (χ0v) is 13.9. The van der Waals surface area contributed by atoms with Gasteiger partial charge in [-0.15, -0.1) is 0 Å². The van der Waals surface area contributed by atoms with E-state index in [1.165, 1.54) is 5.56 Å². The molecule has 1 N–H and O–H groups in total. The van der Waals surface area contributed by atoms with Crippen molar-refractivity contribution in [1.82, 2.24) is 15.2 Å². The number of rotatable bonds is 1. The van der Waals surface area contributed by atoms with Crippen molar-refractivity contribution in [2.75, 3.05) is 19.6 Å². The van der Waals surface area contributed by atoms with E-state index in [0.29, 0.717) is 13.1 Å². The third-order valence-corrected chi connectivity index (χ3v) is 3.89. The van der Waals surface area contributed by atoms with Crippen LogP contribution in [-0.4, -0.2) is 41.2 Å². The third kappa shape index (κ3) is 3.62. The normalized spacial score (nSPS) is 18.9. The number of piperazine rings is 1. The molecule has 1 amide bonds. The minimum absolute atomic E-state index is 0.0872. The van der Waals surface area contributed by atoms with Crippen molar-refractivity contribution < 1.29 is 9.53 Å². The fourth-order valence-corrected chi connectivity index (χ4v) is 2.87. The first-order valence-electron chi connectivity index (χ1n) is 7.99. The Kier molecular flexibility index (Phi) is 4.22. The van der Waals surface area contributed by atoms with Gasteiger partial charge in [0.25, 0.3) is 0 Å². The summed E-state index contributed by atoms with van der Waals surface area (Å²) < 4.78 is 5.50. The van der Waals surface area contributed by atoms with Crippen LogP contribution in [0.5, 0.6) is 0 Å². The number of aromatic nitrogens is 1. The summed E-state index contributed by atoms with van der Waals surface area (Å²) in [5.74, 6) is 0. The summed E-state index contributed by atoms with van der Waals surface area (Å²) in [6.07, 6.45) is 1.58. The summed E-state index contributed by atoms with van der Waals surface area (Å²) in [6.45, 7) is 7.68. The molecule has 1 aromatic carbocycles. The Morgan fingerprint density at radius 3 is 2.87 bits per heavy atom. The van der Waals surface area contributed by atoms with E-state index in [4.69, 9.17) is 4.74 Å². The second-order valence-electron chi connectivity index (χ2n) is 6.85. The van der Waals surface area contributed by atoms with Crippen molar-refractivity contribution in [2.24, 2.45) is 0 Å². The second kappa shape index (κ2) is 6.16. The van der Waals surface area contributed by atoms with Gasteiger partial charge in [-0.3, -0.25) is 4.98 Å². The number of fused-ring (bicyclic) bond motifs is 1. The highest BCUT2D eigenvalue weighted by Crippen LogP contribution is 2.25. The van der Waals surface area contributed by atoms with Crippen LogP contribution in [0.3, 0.4) is 0 Å². The van der Waals surface area contributed by atoms with Gasteiger partial charge in [0.2, 0.25) is 0 Å². The van der Waals surface area contributed by atoms with Crippen LogP contribution in [0.4, 0.5) is 4.79 Å². The Labute approximate surface area is 136 Å². The van der Waals surface area contributed by atoms with E-state index in [1.54, 1.807) is 4.90 Å². The molecule has 0 saturated carbocycles. The van der Waals surface area contributed by atoms with Crippen LogP contribution in [0.1, 0.15) is 32.4 Å². The number of carbonyl (C=O) groups is 1. The Hall–Kier alpha value is -2.14. The van der Waals surface area contributed by atoms with Crippen molar-refractivity contribution in [1.29, 1.82) is 0 Å². The van der Waals surface area contributed by atoms with Crippen LogP contribution in [-0.2, 0) is 4.74 Å². The molecule has 0 radical (unpaired) electrons. The molecule has 0 bridgehead atoms. The van der Waals surface area contributed by atoms with Crippen molar-refractivity contribution in [3.63, 3.8) is 0 Å². The largest absolute Gasteiger partial charge is 0.444 e. The van der Waals surface area contributed by atoms with E-state index in [2.05, 4.69) is 16.4 Å². The summed E-state index contributed by atoms with van der Waals surface area (Å²) in [5, 5.41) is 4.62. The van der Waals surface area contributed by atoms with Crippen LogP contribution in [0, 0.1) is 0 Å². The van der Waals surface area contributed by atoms with E-state index < -0.39 is 5.60 Å². The summed E-state index contributed by atoms with van der Waals surface area (Å²) in [5.41, 5.74) is 1.67. The molecule has 1 atom stereocenters. The van der Waals surface area contributed by atoms with Crippen molar-refractivity contribution in [3.8, 4) is 0 Å². The number of benzene rings is 1. The Bertz CT molecular complexity index is 703. The molecule has 1 unspecified atom stereocenters. The molecule has 5 heteroatoms. The molecule has 2 heterocycles. The Balaban J connectivity index is 1.82. The van der Waals surface area contributed by atoms with Crippen molar-refractivity contribution in [2.45, 2.75) is 32.4 Å². The van der Waals surface area contributed by atoms with E-state index in [9.17, 15) is 4.79 Å². The highest BCUT2D eigenvalue weighted by atomic mass is 16.6. The molecule has 1 aliphatic heterocycles. The average molecular weight is 313 g/mol. The molecule has 1 saturated heterocycles. The number of nitrogens with zero attached hydrogens (tertiary/aromatic N) is 2. The first-order chi connectivity index (χ1) is 10.9. The fraction of sp³-hybridized carbons (Fsp3) is 0.444. The number of carbonyl (C=O) groups excluding carboxylic acids is 1. The molecule has 1 fully saturated rings. The Morgan fingerprint density at radius 2 is 2.09 bits per heavy atom. The summed E-state index contributed by atoms with van der Waals surface area (Å²) in [6, 6.07) is 10.2. The fourth-order valence-electron chi connectivity index (χ4n) is 2.87. The van der Waals surface area contributed by atoms with Gasteiger partial charge in [0.1, 0.15) is 5.60 Å². The maximum Gasteiger partial charge on any atom is 0.410 e. The number of hydrogen-bond donors (Lipinski definition) is 1. The van der Waals surface area contributed by atoms with Gasteiger partial charge < -0.3 is 15.0 Å². The number of hydrogen-bond acceptors (Lipinski definition) is 4. The van der Waals surface area contributed by atoms with Gasteiger partial charge in [-0.25, -0.2) is 4.79 Å². The van der Waals surface area contributed by atoms with E-state index in [0.717, 1.165) is 17.4 Å². The summed E-state index contributed by atoms with van der Waals surface area (Å²) in [4.78, 5) is 18.5. The lowest BCUT2D eigenvalue weighted by atomic mass is 10.0. The van der Waals surface area contributed by atoms with Crippen LogP contribution >= 0.6 is 0 Å². The highest BCUT2D eigenvalue weighted by Gasteiger charge is 2.28. The zero-order valence-electron chi connectivity index (χ0n) is 13.9. The molecule has 2 aromatic rings. The second-order valence-corrected chi connectivity index (χ2v) is 6.85. The quantitative estimate of drug-likeness (QED) is 0.879. The standard InChI is InChI=1S/C18H23N3O2/c1-18(2,3)23-17(22)21-11-10-20-16(12-21)14-8-9-19-15-7-5-4-6-13(14)15/h4-9,16,20H,10-12H2,1-3H3. The smallest absolute Gasteiger partial charge is 0.410 e. The molecule has 1 aliphatic rings. The van der Waals surface area contributed by atoms with Gasteiger partial charge in [0, 0.05) is 31.2 Å². The summed E-state index contributed by atoms with van der Waals surface area (Å²) >= 11 is 0. The highest BCUT2D eigenvalue weighted by molar-refractivity contribution is 5.82. The van der Waals surface area contributed by atoms with Gasteiger partial charge in [-0.05, 0) is 38.5 Å². The number of ether oxygens (including phenoxy) is 1. The maximum absolute atomic E-state index is 12.3. The monoisotopic (exact) mass is 313 g/mol. The zero-order chi connectivity index (χ0) is 16.4. The lowest BCUT2D eigenvalue weighted by Gasteiger charge is -2.35. The number of pyridine rings is 1. The lowest BCUT2D eigenvalue weighted by Crippen LogP contribution is -2.49. The molecule has 23 heavy (non-hydrogen) atoms. The molecular formula is C18H23N3O2. The first-order valence-corrected chi connectivity index (χ1v) is 7.99. The molecule has 0 aliphatic carbocycles. The Morgan fingerprint density at radius 1 is 1.30 bits per heavy atom. The van der Waals surface area contributed by atoms with E-state index in [-0.39, 0.29) is 12.1 Å². The van der Waals surface area contributed by atoms with Crippen molar-refractivity contribution in [3.05, 3.63) is 42.1 Å². The van der Waals surface area contributed by atoms with Gasteiger partial charge in [0.15, 0.2) is 0 Å². The van der Waals surface area contributed by atoms with Crippen LogP contribution in [0.15, 0.2) is 36.5 Å². The lowest BCUT2D eigenvalue weighted by molar-refractivity contribution is 0.0195. The molecule has 5 nitrogen and oxygen atoms in total. The minimum atomic E-state index is -0.471. The molecule has 1 aromatic heterocycles. The molecule has 0 spiro atoms. The SMILES string of the molecule is CC(C)(C)OC(=O)N1CCNC(c2ccnc3ccccc23)C1. The average Bonchev–Trinajstić information content (AvgIpc) is 2.53. The minimum Gasteiger partial charge on any atom is -0.444 e. The van der Waals surface area contributed by atoms with E-state index in [1.807, 2.05) is 51.2 Å². The van der Waals surface area contributed by atoms with Gasteiger partial charge in [-0.1, -0.05) is 18.2 Å². The molecule has 122 valence electrons.